The molecule has 0 bridgehead atoms. The van der Waals surface area contributed by atoms with Gasteiger partial charge < -0.3 is 5.32 Å². The van der Waals surface area contributed by atoms with E-state index in [9.17, 15) is 17.6 Å². The molecule has 0 spiro atoms. The Bertz CT molecular complexity index is 844. The first-order valence-electron chi connectivity index (χ1n) is 7.51. The van der Waals surface area contributed by atoms with Crippen LogP contribution in [-0.4, -0.2) is 33.7 Å². The van der Waals surface area contributed by atoms with Gasteiger partial charge in [-0.05, 0) is 23.8 Å². The van der Waals surface area contributed by atoms with Gasteiger partial charge in [-0.25, -0.2) is 12.8 Å². The zero-order valence-electron chi connectivity index (χ0n) is 13.6. The van der Waals surface area contributed by atoms with Crippen molar-refractivity contribution in [2.75, 3.05) is 23.7 Å². The molecule has 0 aliphatic carbocycles. The third kappa shape index (κ3) is 5.72. The summed E-state index contributed by atoms with van der Waals surface area (Å²) in [7, 11) is -3.60. The van der Waals surface area contributed by atoms with Crippen molar-refractivity contribution < 1.29 is 17.6 Å². The van der Waals surface area contributed by atoms with E-state index in [1.54, 1.807) is 0 Å². The molecule has 5 nitrogen and oxygen atoms in total. The van der Waals surface area contributed by atoms with Crippen LogP contribution in [0, 0.1) is 5.82 Å². The summed E-state index contributed by atoms with van der Waals surface area (Å²) < 4.78 is 38.3. The van der Waals surface area contributed by atoms with E-state index in [1.165, 1.54) is 12.1 Å². The first-order chi connectivity index (χ1) is 11.8. The van der Waals surface area contributed by atoms with Crippen LogP contribution in [0.3, 0.4) is 0 Å². The van der Waals surface area contributed by atoms with Crippen LogP contribution in [0.2, 0.25) is 5.02 Å². The zero-order chi connectivity index (χ0) is 18.4. The van der Waals surface area contributed by atoms with Crippen molar-refractivity contribution in [1.29, 1.82) is 0 Å². The lowest BCUT2D eigenvalue weighted by Crippen LogP contribution is -2.38. The first kappa shape index (κ1) is 19.2. The Labute approximate surface area is 151 Å². The number of carbonyl (C=O) groups excluding carboxylic acids is 1. The SMILES string of the molecule is CS(=O)(=O)N(CCNC(=O)Cc1ccccc1)c1ccc(F)c(Cl)c1. The number of rotatable bonds is 7. The first-order valence-corrected chi connectivity index (χ1v) is 9.73. The standard InChI is InChI=1S/C17H18ClFN2O3S/c1-25(23,24)21(14-7-8-16(19)15(18)12-14)10-9-20-17(22)11-13-5-3-2-4-6-13/h2-8,12H,9-11H2,1H3,(H,20,22). The molecule has 0 saturated carbocycles. The zero-order valence-corrected chi connectivity index (χ0v) is 15.1. The van der Waals surface area contributed by atoms with Crippen molar-refractivity contribution >= 4 is 33.2 Å². The van der Waals surface area contributed by atoms with Crippen molar-refractivity contribution in [3.63, 3.8) is 0 Å². The molecule has 0 unspecified atom stereocenters. The van der Waals surface area contributed by atoms with Crippen LogP contribution in [-0.2, 0) is 21.2 Å². The number of carbonyl (C=O) groups is 1. The van der Waals surface area contributed by atoms with Gasteiger partial charge >= 0.3 is 0 Å². The van der Waals surface area contributed by atoms with E-state index in [2.05, 4.69) is 5.32 Å². The fraction of sp³-hybridized carbons (Fsp3) is 0.235. The highest BCUT2D eigenvalue weighted by Gasteiger charge is 2.18. The molecule has 0 aliphatic rings. The molecule has 8 heteroatoms. The van der Waals surface area contributed by atoms with Gasteiger partial charge in [0, 0.05) is 6.54 Å². The molecule has 2 rings (SSSR count). The minimum absolute atomic E-state index is 0.0152. The molecular weight excluding hydrogens is 367 g/mol. The van der Waals surface area contributed by atoms with Crippen LogP contribution in [0.1, 0.15) is 5.56 Å². The largest absolute Gasteiger partial charge is 0.354 e. The average molecular weight is 385 g/mol. The Hall–Kier alpha value is -2.12. The van der Waals surface area contributed by atoms with E-state index in [-0.39, 0.29) is 36.1 Å². The summed E-state index contributed by atoms with van der Waals surface area (Å²) in [6, 6.07) is 12.9. The monoisotopic (exact) mass is 384 g/mol. The maximum absolute atomic E-state index is 13.3. The molecule has 1 N–H and O–H groups in total. The quantitative estimate of drug-likeness (QED) is 0.798. The molecule has 0 heterocycles. The highest BCUT2D eigenvalue weighted by molar-refractivity contribution is 7.92. The van der Waals surface area contributed by atoms with Gasteiger partial charge in [-0.1, -0.05) is 41.9 Å². The molecule has 0 radical (unpaired) electrons. The van der Waals surface area contributed by atoms with Gasteiger partial charge in [0.25, 0.3) is 0 Å². The van der Waals surface area contributed by atoms with Gasteiger partial charge in [0.15, 0.2) is 0 Å². The van der Waals surface area contributed by atoms with E-state index < -0.39 is 15.8 Å². The molecule has 0 atom stereocenters. The van der Waals surface area contributed by atoms with Crippen molar-refractivity contribution in [1.82, 2.24) is 5.32 Å². The number of nitrogens with one attached hydrogen (secondary N) is 1. The topological polar surface area (TPSA) is 66.5 Å². The van der Waals surface area contributed by atoms with E-state index in [0.29, 0.717) is 0 Å². The minimum atomic E-state index is -3.60. The minimum Gasteiger partial charge on any atom is -0.354 e. The van der Waals surface area contributed by atoms with E-state index in [1.807, 2.05) is 30.3 Å². The Morgan fingerprint density at radius 2 is 1.88 bits per heavy atom. The van der Waals surface area contributed by atoms with Crippen LogP contribution in [0.4, 0.5) is 10.1 Å². The Morgan fingerprint density at radius 1 is 1.20 bits per heavy atom. The molecule has 0 aliphatic heterocycles. The van der Waals surface area contributed by atoms with E-state index in [4.69, 9.17) is 11.6 Å². The maximum Gasteiger partial charge on any atom is 0.232 e. The summed E-state index contributed by atoms with van der Waals surface area (Å²) in [6.45, 7) is 0.134. The summed E-state index contributed by atoms with van der Waals surface area (Å²) in [4.78, 5) is 11.9. The number of anilines is 1. The highest BCUT2D eigenvalue weighted by Crippen LogP contribution is 2.24. The van der Waals surface area contributed by atoms with Gasteiger partial charge in [0.2, 0.25) is 15.9 Å². The fourth-order valence-corrected chi connectivity index (χ4v) is 3.36. The lowest BCUT2D eigenvalue weighted by atomic mass is 10.1. The molecule has 1 amide bonds. The summed E-state index contributed by atoms with van der Waals surface area (Å²) in [5.41, 5.74) is 1.11. The van der Waals surface area contributed by atoms with Gasteiger partial charge in [0.05, 0.1) is 29.9 Å². The summed E-state index contributed by atoms with van der Waals surface area (Å²) in [5.74, 6) is -0.841. The number of hydrogen-bond donors (Lipinski definition) is 1. The average Bonchev–Trinajstić information content (AvgIpc) is 2.54. The fourth-order valence-electron chi connectivity index (χ4n) is 2.27. The van der Waals surface area contributed by atoms with Gasteiger partial charge in [0.1, 0.15) is 5.82 Å². The Balaban J connectivity index is 1.99. The van der Waals surface area contributed by atoms with Gasteiger partial charge in [-0.15, -0.1) is 0 Å². The second-order valence-corrected chi connectivity index (χ2v) is 7.76. The smallest absolute Gasteiger partial charge is 0.232 e. The van der Waals surface area contributed by atoms with Crippen LogP contribution >= 0.6 is 11.6 Å². The maximum atomic E-state index is 13.3. The number of halogens is 2. The second kappa shape index (κ2) is 8.31. The van der Waals surface area contributed by atoms with Crippen LogP contribution < -0.4 is 9.62 Å². The van der Waals surface area contributed by atoms with Gasteiger partial charge in [-0.2, -0.15) is 0 Å². The number of sulfonamides is 1. The van der Waals surface area contributed by atoms with E-state index >= 15 is 0 Å². The molecule has 2 aromatic rings. The molecule has 134 valence electrons. The number of nitrogens with zero attached hydrogens (tertiary/aromatic N) is 1. The van der Waals surface area contributed by atoms with Crippen molar-refractivity contribution in [3.8, 4) is 0 Å². The van der Waals surface area contributed by atoms with Crippen LogP contribution in [0.25, 0.3) is 0 Å². The second-order valence-electron chi connectivity index (χ2n) is 5.45. The summed E-state index contributed by atoms with van der Waals surface area (Å²) >= 11 is 5.72. The number of amides is 1. The highest BCUT2D eigenvalue weighted by atomic mass is 35.5. The van der Waals surface area contributed by atoms with Crippen molar-refractivity contribution in [2.45, 2.75) is 6.42 Å². The molecule has 25 heavy (non-hydrogen) atoms. The van der Waals surface area contributed by atoms with Crippen molar-refractivity contribution in [3.05, 3.63) is 64.9 Å². The van der Waals surface area contributed by atoms with Gasteiger partial charge in [-0.3, -0.25) is 9.10 Å². The Kier molecular flexibility index (Phi) is 6.39. The predicted octanol–water partition coefficient (Wildman–Crippen LogP) is 2.60. The molecule has 2 aromatic carbocycles. The summed E-state index contributed by atoms with van der Waals surface area (Å²) in [6.07, 6.45) is 1.25. The molecule has 0 aromatic heterocycles. The Morgan fingerprint density at radius 3 is 2.48 bits per heavy atom. The summed E-state index contributed by atoms with van der Waals surface area (Å²) in [5, 5.41) is 2.51. The lowest BCUT2D eigenvalue weighted by Gasteiger charge is -2.22. The normalized spacial score (nSPS) is 11.2. The van der Waals surface area contributed by atoms with Crippen molar-refractivity contribution in [2.24, 2.45) is 0 Å². The third-order valence-electron chi connectivity index (χ3n) is 3.44. The number of hydrogen-bond acceptors (Lipinski definition) is 3. The lowest BCUT2D eigenvalue weighted by molar-refractivity contribution is -0.120. The predicted molar refractivity (Wildman–Crippen MR) is 96.8 cm³/mol. The molecule has 0 saturated heterocycles. The van der Waals surface area contributed by atoms with E-state index in [0.717, 1.165) is 22.2 Å². The van der Waals surface area contributed by atoms with Crippen LogP contribution in [0.5, 0.6) is 0 Å². The van der Waals surface area contributed by atoms with Crippen LogP contribution in [0.15, 0.2) is 48.5 Å². The molecular formula is C17H18ClFN2O3S. The third-order valence-corrected chi connectivity index (χ3v) is 4.92. The number of benzene rings is 2. The molecule has 0 fully saturated rings.